The molecule has 17 heavy (non-hydrogen) atoms. The fraction of sp³-hybridized carbons (Fsp3) is 0.143. The molecule has 0 amide bonds. The number of nitrogens with zero attached hydrogens (tertiary/aromatic N) is 1. The summed E-state index contributed by atoms with van der Waals surface area (Å²) in [6.07, 6.45) is 2.60. The molecular weight excluding hydrogens is 214 g/mol. The molecule has 0 N–H and O–H groups in total. The lowest BCUT2D eigenvalue weighted by atomic mass is 10.0. The highest BCUT2D eigenvalue weighted by Crippen LogP contribution is 2.26. The first kappa shape index (κ1) is 11.3. The quantitative estimate of drug-likeness (QED) is 0.757. The van der Waals surface area contributed by atoms with Gasteiger partial charge in [0.1, 0.15) is 5.75 Å². The smallest absolute Gasteiger partial charge is 0.150 e. The maximum Gasteiger partial charge on any atom is 0.150 e. The minimum Gasteiger partial charge on any atom is -0.497 e. The number of methoxy groups -OCH3 is 1. The normalized spacial score (nSPS) is 10.0. The monoisotopic (exact) mass is 227 g/mol. The lowest BCUT2D eigenvalue weighted by molar-refractivity contribution is 0.112. The van der Waals surface area contributed by atoms with Crippen molar-refractivity contribution in [1.29, 1.82) is 0 Å². The van der Waals surface area contributed by atoms with Gasteiger partial charge in [-0.05, 0) is 36.8 Å². The van der Waals surface area contributed by atoms with Gasteiger partial charge in [0.2, 0.25) is 0 Å². The van der Waals surface area contributed by atoms with Crippen LogP contribution in [0.4, 0.5) is 0 Å². The van der Waals surface area contributed by atoms with Crippen molar-refractivity contribution in [3.05, 3.63) is 47.8 Å². The first-order chi connectivity index (χ1) is 8.24. The van der Waals surface area contributed by atoms with Crippen molar-refractivity contribution in [3.63, 3.8) is 0 Å². The van der Waals surface area contributed by atoms with E-state index in [9.17, 15) is 4.79 Å². The Morgan fingerprint density at radius 1 is 1.24 bits per heavy atom. The van der Waals surface area contributed by atoms with E-state index in [4.69, 9.17) is 4.74 Å². The summed E-state index contributed by atoms with van der Waals surface area (Å²) in [4.78, 5) is 15.2. The molecule has 0 unspecified atom stereocenters. The van der Waals surface area contributed by atoms with Crippen LogP contribution in [0.25, 0.3) is 11.1 Å². The van der Waals surface area contributed by atoms with Crippen LogP contribution in [0.3, 0.4) is 0 Å². The minimum absolute atomic E-state index is 0.636. The van der Waals surface area contributed by atoms with Crippen molar-refractivity contribution in [2.45, 2.75) is 6.92 Å². The van der Waals surface area contributed by atoms with Gasteiger partial charge in [-0.25, -0.2) is 0 Å². The summed E-state index contributed by atoms with van der Waals surface area (Å²) in [7, 11) is 1.60. The Balaban J connectivity index is 2.55. The van der Waals surface area contributed by atoms with Crippen molar-refractivity contribution in [3.8, 4) is 16.9 Å². The fourth-order valence-electron chi connectivity index (χ4n) is 1.64. The van der Waals surface area contributed by atoms with Crippen LogP contribution in [0.15, 0.2) is 36.5 Å². The molecule has 0 saturated carbocycles. The summed E-state index contributed by atoms with van der Waals surface area (Å²) in [6.45, 7) is 1.93. The van der Waals surface area contributed by atoms with Gasteiger partial charge in [0.15, 0.2) is 6.29 Å². The van der Waals surface area contributed by atoms with Gasteiger partial charge in [0.25, 0.3) is 0 Å². The molecule has 86 valence electrons. The zero-order valence-electron chi connectivity index (χ0n) is 9.81. The third-order valence-corrected chi connectivity index (χ3v) is 2.61. The molecule has 0 aliphatic carbocycles. The number of hydrogen-bond donors (Lipinski definition) is 0. The van der Waals surface area contributed by atoms with Gasteiger partial charge < -0.3 is 4.74 Å². The van der Waals surface area contributed by atoms with Crippen LogP contribution in [0.1, 0.15) is 16.1 Å². The molecule has 1 aromatic heterocycles. The lowest BCUT2D eigenvalue weighted by Gasteiger charge is -2.07. The van der Waals surface area contributed by atoms with Gasteiger partial charge in [0.05, 0.1) is 7.11 Å². The van der Waals surface area contributed by atoms with E-state index in [1.54, 1.807) is 25.4 Å². The van der Waals surface area contributed by atoms with Crippen LogP contribution in [-0.2, 0) is 0 Å². The number of benzene rings is 1. The first-order valence-corrected chi connectivity index (χ1v) is 5.31. The van der Waals surface area contributed by atoms with Gasteiger partial charge in [-0.2, -0.15) is 0 Å². The predicted molar refractivity (Wildman–Crippen MR) is 66.3 cm³/mol. The predicted octanol–water partition coefficient (Wildman–Crippen LogP) is 2.88. The summed E-state index contributed by atoms with van der Waals surface area (Å²) in [6, 6.07) is 9.24. The van der Waals surface area contributed by atoms with Crippen molar-refractivity contribution in [2.75, 3.05) is 7.11 Å². The van der Waals surface area contributed by atoms with Gasteiger partial charge in [-0.15, -0.1) is 0 Å². The van der Waals surface area contributed by atoms with E-state index in [1.807, 2.05) is 25.1 Å². The number of hydrogen-bond acceptors (Lipinski definition) is 3. The average Bonchev–Trinajstić information content (AvgIpc) is 2.39. The zero-order chi connectivity index (χ0) is 12.3. The first-order valence-electron chi connectivity index (χ1n) is 5.31. The molecule has 0 aliphatic rings. The molecule has 1 heterocycles. The molecule has 2 rings (SSSR count). The van der Waals surface area contributed by atoms with E-state index in [1.165, 1.54) is 0 Å². The molecular formula is C14H13NO2. The number of rotatable bonds is 3. The average molecular weight is 227 g/mol. The van der Waals surface area contributed by atoms with Crippen LogP contribution in [0.5, 0.6) is 5.75 Å². The Bertz CT molecular complexity index is 532. The fourth-order valence-corrected chi connectivity index (χ4v) is 1.64. The SMILES string of the molecule is COc1ccc(C=O)c(-c2ccc(C)nc2)c1. The summed E-state index contributed by atoms with van der Waals surface area (Å²) < 4.78 is 5.16. The Kier molecular flexibility index (Phi) is 3.19. The molecule has 1 aromatic carbocycles. The second-order valence-electron chi connectivity index (χ2n) is 3.76. The number of pyridine rings is 1. The Hall–Kier alpha value is -2.16. The Morgan fingerprint density at radius 3 is 2.65 bits per heavy atom. The third-order valence-electron chi connectivity index (χ3n) is 2.61. The number of ether oxygens (including phenoxy) is 1. The maximum atomic E-state index is 11.0. The molecule has 0 bridgehead atoms. The number of aromatic nitrogens is 1. The van der Waals surface area contributed by atoms with Crippen molar-refractivity contribution >= 4 is 6.29 Å². The van der Waals surface area contributed by atoms with Crippen LogP contribution < -0.4 is 4.74 Å². The number of carbonyl (C=O) groups is 1. The second kappa shape index (κ2) is 4.78. The number of aldehydes is 1. The van der Waals surface area contributed by atoms with E-state index in [-0.39, 0.29) is 0 Å². The number of aryl methyl sites for hydroxylation is 1. The molecule has 3 heteroatoms. The van der Waals surface area contributed by atoms with Gasteiger partial charge in [-0.3, -0.25) is 9.78 Å². The zero-order valence-corrected chi connectivity index (χ0v) is 9.81. The second-order valence-corrected chi connectivity index (χ2v) is 3.76. The van der Waals surface area contributed by atoms with E-state index in [0.717, 1.165) is 28.9 Å². The highest BCUT2D eigenvalue weighted by Gasteiger charge is 2.06. The maximum absolute atomic E-state index is 11.0. The molecule has 0 saturated heterocycles. The topological polar surface area (TPSA) is 39.2 Å². The van der Waals surface area contributed by atoms with Crippen LogP contribution >= 0.6 is 0 Å². The molecule has 0 spiro atoms. The molecule has 2 aromatic rings. The molecule has 0 radical (unpaired) electrons. The molecule has 0 fully saturated rings. The van der Waals surface area contributed by atoms with Gasteiger partial charge >= 0.3 is 0 Å². The highest BCUT2D eigenvalue weighted by molar-refractivity contribution is 5.88. The summed E-state index contributed by atoms with van der Waals surface area (Å²) in [5, 5.41) is 0. The summed E-state index contributed by atoms with van der Waals surface area (Å²) >= 11 is 0. The van der Waals surface area contributed by atoms with E-state index in [0.29, 0.717) is 5.56 Å². The van der Waals surface area contributed by atoms with Crippen LogP contribution in [0, 0.1) is 6.92 Å². The largest absolute Gasteiger partial charge is 0.497 e. The highest BCUT2D eigenvalue weighted by atomic mass is 16.5. The van der Waals surface area contributed by atoms with Crippen molar-refractivity contribution in [1.82, 2.24) is 4.98 Å². The Morgan fingerprint density at radius 2 is 2.06 bits per heavy atom. The van der Waals surface area contributed by atoms with E-state index < -0.39 is 0 Å². The standard InChI is InChI=1S/C14H13NO2/c1-10-3-4-11(8-15-10)14-7-13(17-2)6-5-12(14)9-16/h3-9H,1-2H3. The molecule has 3 nitrogen and oxygen atoms in total. The van der Waals surface area contributed by atoms with Crippen molar-refractivity contribution in [2.24, 2.45) is 0 Å². The minimum atomic E-state index is 0.636. The lowest BCUT2D eigenvalue weighted by Crippen LogP contribution is -1.91. The summed E-state index contributed by atoms with van der Waals surface area (Å²) in [5.41, 5.74) is 3.34. The van der Waals surface area contributed by atoms with Crippen molar-refractivity contribution < 1.29 is 9.53 Å². The van der Waals surface area contributed by atoms with E-state index >= 15 is 0 Å². The third kappa shape index (κ3) is 2.33. The van der Waals surface area contributed by atoms with Crippen LogP contribution in [-0.4, -0.2) is 18.4 Å². The van der Waals surface area contributed by atoms with Gasteiger partial charge in [-0.1, -0.05) is 6.07 Å². The van der Waals surface area contributed by atoms with Crippen LogP contribution in [0.2, 0.25) is 0 Å². The summed E-state index contributed by atoms with van der Waals surface area (Å²) in [5.74, 6) is 0.728. The van der Waals surface area contributed by atoms with E-state index in [2.05, 4.69) is 4.98 Å². The number of carbonyl (C=O) groups excluding carboxylic acids is 1. The molecule has 0 atom stereocenters. The van der Waals surface area contributed by atoms with Gasteiger partial charge in [0, 0.05) is 23.0 Å². The molecule has 0 aliphatic heterocycles. The Labute approximate surface area is 100 Å².